The lowest BCUT2D eigenvalue weighted by molar-refractivity contribution is -0.141. The average Bonchev–Trinajstić information content (AvgIpc) is 2.36. The van der Waals surface area contributed by atoms with Gasteiger partial charge in [0, 0.05) is 5.02 Å². The third-order valence-electron chi connectivity index (χ3n) is 2.40. The first-order valence-corrected chi connectivity index (χ1v) is 6.34. The van der Waals surface area contributed by atoms with Crippen molar-refractivity contribution in [2.24, 2.45) is 0 Å². The Labute approximate surface area is 116 Å². The van der Waals surface area contributed by atoms with Crippen molar-refractivity contribution < 1.29 is 19.4 Å². The molecule has 0 bridgehead atoms. The van der Waals surface area contributed by atoms with Gasteiger partial charge in [0.1, 0.15) is 6.54 Å². The first-order chi connectivity index (χ1) is 9.04. The van der Waals surface area contributed by atoms with Gasteiger partial charge in [0.2, 0.25) is 0 Å². The lowest BCUT2D eigenvalue weighted by Gasteiger charge is -2.10. The number of aromatic carboxylic acids is 1. The highest BCUT2D eigenvalue weighted by Gasteiger charge is 2.11. The predicted octanol–water partition coefficient (Wildman–Crippen LogP) is 2.79. The minimum Gasteiger partial charge on any atom is -0.478 e. The van der Waals surface area contributed by atoms with Gasteiger partial charge in [0.15, 0.2) is 0 Å². The Hall–Kier alpha value is -1.75. The van der Waals surface area contributed by atoms with E-state index >= 15 is 0 Å². The van der Waals surface area contributed by atoms with Crippen LogP contribution in [-0.2, 0) is 9.53 Å². The number of carbonyl (C=O) groups is 2. The number of benzene rings is 1. The molecule has 0 amide bonds. The van der Waals surface area contributed by atoms with Crippen LogP contribution in [0.1, 0.15) is 30.1 Å². The molecule has 0 atom stereocenters. The van der Waals surface area contributed by atoms with E-state index in [9.17, 15) is 9.59 Å². The van der Waals surface area contributed by atoms with Crippen LogP contribution < -0.4 is 5.32 Å². The Balaban J connectivity index is 2.59. The van der Waals surface area contributed by atoms with Crippen LogP contribution in [0.4, 0.5) is 5.69 Å². The second-order valence-corrected chi connectivity index (χ2v) is 4.36. The summed E-state index contributed by atoms with van der Waals surface area (Å²) in [5.41, 5.74) is 0.359. The molecule has 0 saturated heterocycles. The maximum Gasteiger partial charge on any atom is 0.337 e. The fourth-order valence-electron chi connectivity index (χ4n) is 1.40. The van der Waals surface area contributed by atoms with E-state index in [1.165, 1.54) is 18.2 Å². The molecule has 0 unspecified atom stereocenters. The van der Waals surface area contributed by atoms with Crippen molar-refractivity contribution in [3.63, 3.8) is 0 Å². The molecule has 2 N–H and O–H groups in total. The number of unbranched alkanes of at least 4 members (excludes halogenated alkanes) is 1. The van der Waals surface area contributed by atoms with Crippen LogP contribution in [0.25, 0.3) is 0 Å². The topological polar surface area (TPSA) is 75.6 Å². The molecular weight excluding hydrogens is 270 g/mol. The number of carboxylic acid groups (broad SMARTS) is 1. The van der Waals surface area contributed by atoms with Crippen molar-refractivity contribution in [3.8, 4) is 0 Å². The van der Waals surface area contributed by atoms with Crippen molar-refractivity contribution in [3.05, 3.63) is 28.8 Å². The molecule has 0 fully saturated rings. The highest BCUT2D eigenvalue weighted by molar-refractivity contribution is 6.31. The van der Waals surface area contributed by atoms with E-state index in [1.807, 2.05) is 6.92 Å². The normalized spacial score (nSPS) is 10.0. The summed E-state index contributed by atoms with van der Waals surface area (Å²) >= 11 is 5.79. The Morgan fingerprint density at radius 3 is 2.79 bits per heavy atom. The number of nitrogens with one attached hydrogen (secondary N) is 1. The van der Waals surface area contributed by atoms with Gasteiger partial charge in [-0.15, -0.1) is 0 Å². The highest BCUT2D eigenvalue weighted by atomic mass is 35.5. The van der Waals surface area contributed by atoms with E-state index in [1.54, 1.807) is 0 Å². The number of esters is 1. The number of ether oxygens (including phenoxy) is 1. The molecule has 0 saturated carbocycles. The lowest BCUT2D eigenvalue weighted by Crippen LogP contribution is -2.18. The number of rotatable bonds is 7. The molecule has 0 radical (unpaired) electrons. The first kappa shape index (κ1) is 15.3. The maximum atomic E-state index is 11.4. The van der Waals surface area contributed by atoms with Crippen molar-refractivity contribution >= 4 is 29.2 Å². The monoisotopic (exact) mass is 285 g/mol. The number of hydrogen-bond acceptors (Lipinski definition) is 4. The first-order valence-electron chi connectivity index (χ1n) is 5.97. The number of carbonyl (C=O) groups excluding carboxylic acids is 1. The third-order valence-corrected chi connectivity index (χ3v) is 2.63. The average molecular weight is 286 g/mol. The second kappa shape index (κ2) is 7.63. The van der Waals surface area contributed by atoms with Crippen molar-refractivity contribution in [1.82, 2.24) is 0 Å². The molecular formula is C13H16ClNO4. The summed E-state index contributed by atoms with van der Waals surface area (Å²) in [4.78, 5) is 22.4. The molecule has 0 heterocycles. The second-order valence-electron chi connectivity index (χ2n) is 3.92. The van der Waals surface area contributed by atoms with E-state index in [-0.39, 0.29) is 12.1 Å². The van der Waals surface area contributed by atoms with E-state index in [0.29, 0.717) is 17.3 Å². The molecule has 1 aromatic rings. The maximum absolute atomic E-state index is 11.4. The van der Waals surface area contributed by atoms with Crippen LogP contribution in [-0.4, -0.2) is 30.2 Å². The van der Waals surface area contributed by atoms with Gasteiger partial charge in [-0.2, -0.15) is 0 Å². The summed E-state index contributed by atoms with van der Waals surface area (Å²) in [6.07, 6.45) is 1.75. The highest BCUT2D eigenvalue weighted by Crippen LogP contribution is 2.20. The summed E-state index contributed by atoms with van der Waals surface area (Å²) in [6, 6.07) is 4.33. The smallest absolute Gasteiger partial charge is 0.337 e. The fraction of sp³-hybridized carbons (Fsp3) is 0.385. The molecule has 0 aliphatic rings. The summed E-state index contributed by atoms with van der Waals surface area (Å²) in [5, 5.41) is 12.1. The zero-order chi connectivity index (χ0) is 14.3. The number of carboxylic acids is 1. The molecule has 0 aliphatic carbocycles. The van der Waals surface area contributed by atoms with Gasteiger partial charge in [-0.3, -0.25) is 4.79 Å². The van der Waals surface area contributed by atoms with Crippen LogP contribution in [0.15, 0.2) is 18.2 Å². The van der Waals surface area contributed by atoms with Crippen molar-refractivity contribution in [1.29, 1.82) is 0 Å². The number of anilines is 1. The van der Waals surface area contributed by atoms with E-state index in [2.05, 4.69) is 5.32 Å². The molecule has 1 rings (SSSR count). The summed E-state index contributed by atoms with van der Waals surface area (Å²) in [5.74, 6) is -1.51. The van der Waals surface area contributed by atoms with Crippen molar-refractivity contribution in [2.45, 2.75) is 19.8 Å². The summed E-state index contributed by atoms with van der Waals surface area (Å²) < 4.78 is 4.95. The Kier molecular flexibility index (Phi) is 6.15. The van der Waals surface area contributed by atoms with E-state index in [4.69, 9.17) is 21.4 Å². The minimum atomic E-state index is -1.08. The fourth-order valence-corrected chi connectivity index (χ4v) is 1.57. The SMILES string of the molecule is CCCCOC(=O)CNc1cc(Cl)ccc1C(=O)O. The molecule has 0 aromatic heterocycles. The van der Waals surface area contributed by atoms with Crippen LogP contribution in [0.5, 0.6) is 0 Å². The van der Waals surface area contributed by atoms with Crippen LogP contribution in [0.3, 0.4) is 0 Å². The minimum absolute atomic E-state index is 0.0609. The molecule has 104 valence electrons. The zero-order valence-corrected chi connectivity index (χ0v) is 11.4. The van der Waals surface area contributed by atoms with Gasteiger partial charge in [0.25, 0.3) is 0 Å². The molecule has 0 spiro atoms. The van der Waals surface area contributed by atoms with Gasteiger partial charge in [-0.05, 0) is 24.6 Å². The molecule has 5 nitrogen and oxygen atoms in total. The number of halogens is 1. The van der Waals surface area contributed by atoms with Crippen molar-refractivity contribution in [2.75, 3.05) is 18.5 Å². The van der Waals surface area contributed by atoms with Gasteiger partial charge < -0.3 is 15.2 Å². The van der Waals surface area contributed by atoms with Gasteiger partial charge in [-0.1, -0.05) is 24.9 Å². The molecule has 1 aromatic carbocycles. The third kappa shape index (κ3) is 5.18. The lowest BCUT2D eigenvalue weighted by atomic mass is 10.2. The Morgan fingerprint density at radius 1 is 1.42 bits per heavy atom. The van der Waals surface area contributed by atoms with E-state index in [0.717, 1.165) is 12.8 Å². The van der Waals surface area contributed by atoms with Gasteiger partial charge in [-0.25, -0.2) is 4.79 Å². The molecule has 6 heteroatoms. The van der Waals surface area contributed by atoms with Crippen LogP contribution in [0, 0.1) is 0 Å². The quantitative estimate of drug-likeness (QED) is 0.595. The Morgan fingerprint density at radius 2 is 2.16 bits per heavy atom. The van der Waals surface area contributed by atoms with Crippen LogP contribution >= 0.6 is 11.6 Å². The summed E-state index contributed by atoms with van der Waals surface area (Å²) in [7, 11) is 0. The molecule has 0 aliphatic heterocycles. The van der Waals surface area contributed by atoms with Gasteiger partial charge in [0.05, 0.1) is 17.9 Å². The van der Waals surface area contributed by atoms with Gasteiger partial charge >= 0.3 is 11.9 Å². The molecule has 19 heavy (non-hydrogen) atoms. The standard InChI is InChI=1S/C13H16ClNO4/c1-2-3-6-19-12(16)8-15-11-7-9(14)4-5-10(11)13(17)18/h4-5,7,15H,2-3,6,8H2,1H3,(H,17,18). The zero-order valence-electron chi connectivity index (χ0n) is 10.6. The number of hydrogen-bond donors (Lipinski definition) is 2. The predicted molar refractivity (Wildman–Crippen MR) is 72.8 cm³/mol. The summed E-state index contributed by atoms with van der Waals surface area (Å²) in [6.45, 7) is 2.28. The van der Waals surface area contributed by atoms with Crippen LogP contribution in [0.2, 0.25) is 5.02 Å². The van der Waals surface area contributed by atoms with E-state index < -0.39 is 11.9 Å². The Bertz CT molecular complexity index is 462. The largest absolute Gasteiger partial charge is 0.478 e.